The van der Waals surface area contributed by atoms with Gasteiger partial charge in [0.25, 0.3) is 0 Å². The maximum absolute atomic E-state index is 6.31. The molecular formula is C17H31NO3. The van der Waals surface area contributed by atoms with Gasteiger partial charge in [0.1, 0.15) is 0 Å². The lowest BCUT2D eigenvalue weighted by atomic mass is 9.88. The van der Waals surface area contributed by atoms with Crippen LogP contribution in [0, 0.1) is 11.8 Å². The van der Waals surface area contributed by atoms with Crippen molar-refractivity contribution in [2.24, 2.45) is 11.8 Å². The smallest absolute Gasteiger partial charge is 0.0859 e. The molecule has 4 heteroatoms. The highest BCUT2D eigenvalue weighted by atomic mass is 16.5. The van der Waals surface area contributed by atoms with Gasteiger partial charge in [0.2, 0.25) is 0 Å². The molecule has 0 N–H and O–H groups in total. The van der Waals surface area contributed by atoms with E-state index in [9.17, 15) is 0 Å². The fourth-order valence-electron chi connectivity index (χ4n) is 4.34. The maximum Gasteiger partial charge on any atom is 0.0859 e. The molecule has 0 unspecified atom stereocenters. The molecule has 0 radical (unpaired) electrons. The number of ether oxygens (including phenoxy) is 3. The summed E-state index contributed by atoms with van der Waals surface area (Å²) in [4.78, 5) is 2.66. The van der Waals surface area contributed by atoms with E-state index < -0.39 is 0 Å². The molecule has 0 amide bonds. The standard InChI is InChI=1S/C17H31NO3/c1-2-19-13-16-4-3-7-17(16)14-18(8-11-21-17)12-15-5-9-20-10-6-15/h15-16H,2-14H2,1H3/t16-,17+/m0/s1. The molecule has 3 aliphatic rings. The fraction of sp³-hybridized carbons (Fsp3) is 1.00. The SMILES string of the molecule is CCOC[C@@H]1CCC[C@@]12CN(CC1CCOCC1)CCO2. The van der Waals surface area contributed by atoms with E-state index in [1.807, 2.05) is 0 Å². The van der Waals surface area contributed by atoms with Crippen LogP contribution in [0.25, 0.3) is 0 Å². The van der Waals surface area contributed by atoms with Gasteiger partial charge in [0, 0.05) is 45.4 Å². The summed E-state index contributed by atoms with van der Waals surface area (Å²) in [6, 6.07) is 0. The first-order valence-electron chi connectivity index (χ1n) is 8.84. The first-order chi connectivity index (χ1) is 10.3. The van der Waals surface area contributed by atoms with E-state index in [0.717, 1.165) is 52.0 Å². The molecule has 2 saturated heterocycles. The highest BCUT2D eigenvalue weighted by Crippen LogP contribution is 2.41. The van der Waals surface area contributed by atoms with Gasteiger partial charge < -0.3 is 14.2 Å². The Bertz CT molecular complexity index is 319. The largest absolute Gasteiger partial charge is 0.381 e. The number of nitrogens with zero attached hydrogens (tertiary/aromatic N) is 1. The lowest BCUT2D eigenvalue weighted by molar-refractivity contribution is -0.144. The van der Waals surface area contributed by atoms with Crippen LogP contribution in [0.15, 0.2) is 0 Å². The van der Waals surface area contributed by atoms with Crippen LogP contribution in [0.1, 0.15) is 39.0 Å². The van der Waals surface area contributed by atoms with Crippen LogP contribution in [0.3, 0.4) is 0 Å². The summed E-state index contributed by atoms with van der Waals surface area (Å²) in [7, 11) is 0. The van der Waals surface area contributed by atoms with Crippen molar-refractivity contribution in [1.29, 1.82) is 0 Å². The van der Waals surface area contributed by atoms with Crippen LogP contribution in [0.5, 0.6) is 0 Å². The third kappa shape index (κ3) is 3.79. The summed E-state index contributed by atoms with van der Waals surface area (Å²) < 4.78 is 17.5. The van der Waals surface area contributed by atoms with Crippen molar-refractivity contribution in [2.75, 3.05) is 52.7 Å². The molecule has 0 aromatic carbocycles. The molecule has 21 heavy (non-hydrogen) atoms. The Kier molecular flexibility index (Phi) is 5.54. The topological polar surface area (TPSA) is 30.9 Å². The molecule has 4 nitrogen and oxygen atoms in total. The van der Waals surface area contributed by atoms with Crippen LogP contribution in [-0.4, -0.2) is 63.2 Å². The van der Waals surface area contributed by atoms with Crippen LogP contribution in [-0.2, 0) is 14.2 Å². The summed E-state index contributed by atoms with van der Waals surface area (Å²) in [6.45, 7) is 10.0. The van der Waals surface area contributed by atoms with Crippen LogP contribution >= 0.6 is 0 Å². The van der Waals surface area contributed by atoms with E-state index in [2.05, 4.69) is 11.8 Å². The van der Waals surface area contributed by atoms with Crippen molar-refractivity contribution < 1.29 is 14.2 Å². The van der Waals surface area contributed by atoms with Gasteiger partial charge in [-0.15, -0.1) is 0 Å². The fourth-order valence-corrected chi connectivity index (χ4v) is 4.34. The van der Waals surface area contributed by atoms with E-state index in [1.165, 1.54) is 38.6 Å². The van der Waals surface area contributed by atoms with Crippen molar-refractivity contribution in [3.8, 4) is 0 Å². The molecule has 1 aliphatic carbocycles. The Morgan fingerprint density at radius 2 is 2.05 bits per heavy atom. The maximum atomic E-state index is 6.31. The summed E-state index contributed by atoms with van der Waals surface area (Å²) in [5, 5.41) is 0. The average Bonchev–Trinajstić information content (AvgIpc) is 2.88. The minimum absolute atomic E-state index is 0.0819. The van der Waals surface area contributed by atoms with E-state index in [-0.39, 0.29) is 5.60 Å². The average molecular weight is 297 g/mol. The monoisotopic (exact) mass is 297 g/mol. The summed E-state index contributed by atoms with van der Waals surface area (Å²) in [5.74, 6) is 1.41. The zero-order chi connectivity index (χ0) is 14.5. The van der Waals surface area contributed by atoms with Gasteiger partial charge in [-0.25, -0.2) is 0 Å². The van der Waals surface area contributed by atoms with Gasteiger partial charge in [-0.3, -0.25) is 4.90 Å². The normalized spacial score (nSPS) is 35.6. The van der Waals surface area contributed by atoms with Crippen LogP contribution in [0.4, 0.5) is 0 Å². The summed E-state index contributed by atoms with van der Waals surface area (Å²) in [5.41, 5.74) is 0.0819. The van der Waals surface area contributed by atoms with Crippen molar-refractivity contribution in [1.82, 2.24) is 4.90 Å². The molecule has 2 atom stereocenters. The molecule has 3 fully saturated rings. The second-order valence-electron chi connectivity index (χ2n) is 6.95. The van der Waals surface area contributed by atoms with Crippen molar-refractivity contribution in [3.63, 3.8) is 0 Å². The van der Waals surface area contributed by atoms with Gasteiger partial charge in [0.05, 0.1) is 18.8 Å². The molecule has 122 valence electrons. The number of rotatable bonds is 5. The minimum Gasteiger partial charge on any atom is -0.381 e. The Hall–Kier alpha value is -0.160. The van der Waals surface area contributed by atoms with Crippen molar-refractivity contribution >= 4 is 0 Å². The molecule has 0 bridgehead atoms. The molecule has 3 rings (SSSR count). The van der Waals surface area contributed by atoms with Crippen LogP contribution in [0.2, 0.25) is 0 Å². The van der Waals surface area contributed by atoms with Crippen molar-refractivity contribution in [2.45, 2.75) is 44.6 Å². The van der Waals surface area contributed by atoms with Gasteiger partial charge in [-0.05, 0) is 38.5 Å². The third-order valence-corrected chi connectivity index (χ3v) is 5.57. The highest BCUT2D eigenvalue weighted by molar-refractivity contribution is 4.98. The second-order valence-corrected chi connectivity index (χ2v) is 6.95. The van der Waals surface area contributed by atoms with Gasteiger partial charge in [-0.2, -0.15) is 0 Å². The first kappa shape index (κ1) is 15.7. The zero-order valence-electron chi connectivity index (χ0n) is 13.5. The van der Waals surface area contributed by atoms with Crippen molar-refractivity contribution in [3.05, 3.63) is 0 Å². The lowest BCUT2D eigenvalue weighted by Gasteiger charge is -2.45. The first-order valence-corrected chi connectivity index (χ1v) is 8.84. The number of hydrogen-bond acceptors (Lipinski definition) is 4. The highest BCUT2D eigenvalue weighted by Gasteiger charge is 2.47. The predicted molar refractivity (Wildman–Crippen MR) is 82.5 cm³/mol. The van der Waals surface area contributed by atoms with E-state index in [1.54, 1.807) is 0 Å². The molecule has 1 spiro atoms. The predicted octanol–water partition coefficient (Wildman–Crippen LogP) is 2.32. The van der Waals surface area contributed by atoms with Crippen LogP contribution < -0.4 is 0 Å². The molecule has 0 aromatic heterocycles. The Labute approximate surface area is 129 Å². The quantitative estimate of drug-likeness (QED) is 0.779. The van der Waals surface area contributed by atoms with E-state index in [4.69, 9.17) is 14.2 Å². The summed E-state index contributed by atoms with van der Waals surface area (Å²) in [6.07, 6.45) is 6.24. The van der Waals surface area contributed by atoms with E-state index >= 15 is 0 Å². The lowest BCUT2D eigenvalue weighted by Crippen LogP contribution is -2.55. The van der Waals surface area contributed by atoms with Gasteiger partial charge in [0.15, 0.2) is 0 Å². The minimum atomic E-state index is 0.0819. The van der Waals surface area contributed by atoms with Gasteiger partial charge >= 0.3 is 0 Å². The third-order valence-electron chi connectivity index (χ3n) is 5.57. The molecular weight excluding hydrogens is 266 g/mol. The van der Waals surface area contributed by atoms with Gasteiger partial charge in [-0.1, -0.05) is 6.42 Å². The Morgan fingerprint density at radius 1 is 1.19 bits per heavy atom. The Balaban J connectivity index is 1.56. The summed E-state index contributed by atoms with van der Waals surface area (Å²) >= 11 is 0. The molecule has 2 heterocycles. The molecule has 2 aliphatic heterocycles. The Morgan fingerprint density at radius 3 is 2.86 bits per heavy atom. The van der Waals surface area contributed by atoms with E-state index in [0.29, 0.717) is 5.92 Å². The molecule has 1 saturated carbocycles. The number of hydrogen-bond donors (Lipinski definition) is 0. The zero-order valence-corrected chi connectivity index (χ0v) is 13.5. The molecule has 0 aromatic rings. The number of morpholine rings is 1. The second kappa shape index (κ2) is 7.40.